The van der Waals surface area contributed by atoms with Gasteiger partial charge in [-0.05, 0) is 31.4 Å². The molecule has 0 aliphatic rings. The van der Waals surface area contributed by atoms with E-state index in [1.807, 2.05) is 18.5 Å². The molecule has 1 N–H and O–H groups in total. The summed E-state index contributed by atoms with van der Waals surface area (Å²) in [5, 5.41) is 5.82. The van der Waals surface area contributed by atoms with Crippen LogP contribution in [-0.4, -0.2) is 11.0 Å². The van der Waals surface area contributed by atoms with Gasteiger partial charge >= 0.3 is 0 Å². The Morgan fingerprint density at radius 2 is 2.07 bits per heavy atom. The molecule has 2 heteroatoms. The van der Waals surface area contributed by atoms with Crippen LogP contribution in [0.4, 0.5) is 5.69 Å². The number of pyridine rings is 1. The first-order chi connectivity index (χ1) is 6.77. The van der Waals surface area contributed by atoms with Crippen LogP contribution in [0.25, 0.3) is 10.8 Å². The Kier molecular flexibility index (Phi) is 2.35. The average Bonchev–Trinajstić information content (AvgIpc) is 2.18. The molecular formula is C12H14N2. The van der Waals surface area contributed by atoms with Crippen molar-refractivity contribution in [1.82, 2.24) is 4.98 Å². The normalized spacial score (nSPS) is 10.8. The van der Waals surface area contributed by atoms with E-state index < -0.39 is 0 Å². The molecule has 0 spiro atoms. The second kappa shape index (κ2) is 3.66. The van der Waals surface area contributed by atoms with Gasteiger partial charge in [0.25, 0.3) is 0 Å². The van der Waals surface area contributed by atoms with Gasteiger partial charge in [-0.1, -0.05) is 12.1 Å². The summed E-state index contributed by atoms with van der Waals surface area (Å²) in [6.45, 7) is 4.27. The lowest BCUT2D eigenvalue weighted by Crippen LogP contribution is -2.09. The molecule has 1 aromatic heterocycles. The van der Waals surface area contributed by atoms with E-state index in [0.29, 0.717) is 6.04 Å². The second-order valence-corrected chi connectivity index (χ2v) is 3.70. The molecule has 0 saturated heterocycles. The maximum absolute atomic E-state index is 4.14. The van der Waals surface area contributed by atoms with E-state index in [1.54, 1.807) is 0 Å². The molecule has 0 bridgehead atoms. The van der Waals surface area contributed by atoms with Crippen molar-refractivity contribution in [2.75, 3.05) is 5.32 Å². The first kappa shape index (κ1) is 9.00. The third-order valence-corrected chi connectivity index (χ3v) is 2.13. The fraction of sp³-hybridized carbons (Fsp3) is 0.250. The minimum atomic E-state index is 0.445. The fourth-order valence-electron chi connectivity index (χ4n) is 1.55. The lowest BCUT2D eigenvalue weighted by molar-refractivity contribution is 0.902. The topological polar surface area (TPSA) is 24.9 Å². The number of benzene rings is 1. The van der Waals surface area contributed by atoms with Crippen LogP contribution in [0.5, 0.6) is 0 Å². The number of fused-ring (bicyclic) bond motifs is 1. The summed E-state index contributed by atoms with van der Waals surface area (Å²) in [4.78, 5) is 4.14. The van der Waals surface area contributed by atoms with Gasteiger partial charge in [0.2, 0.25) is 0 Å². The maximum Gasteiger partial charge on any atom is 0.0437 e. The molecule has 0 saturated carbocycles. The number of anilines is 1. The molecule has 72 valence electrons. The zero-order valence-electron chi connectivity index (χ0n) is 8.49. The zero-order chi connectivity index (χ0) is 9.97. The minimum absolute atomic E-state index is 0.445. The van der Waals surface area contributed by atoms with Crippen LogP contribution in [0.3, 0.4) is 0 Å². The molecule has 0 amide bonds. The molecule has 14 heavy (non-hydrogen) atoms. The van der Waals surface area contributed by atoms with Crippen LogP contribution in [0, 0.1) is 0 Å². The highest BCUT2D eigenvalue weighted by Gasteiger charge is 2.00. The van der Waals surface area contributed by atoms with Crippen molar-refractivity contribution < 1.29 is 0 Å². The van der Waals surface area contributed by atoms with Crippen molar-refractivity contribution in [2.45, 2.75) is 19.9 Å². The van der Waals surface area contributed by atoms with Crippen molar-refractivity contribution in [3.05, 3.63) is 36.7 Å². The molecule has 0 radical (unpaired) electrons. The highest BCUT2D eigenvalue weighted by Crippen LogP contribution is 2.22. The summed E-state index contributed by atoms with van der Waals surface area (Å²) in [6, 6.07) is 8.72. The molecule has 0 aliphatic heterocycles. The van der Waals surface area contributed by atoms with Gasteiger partial charge in [0.1, 0.15) is 0 Å². The van der Waals surface area contributed by atoms with Crippen molar-refractivity contribution in [3.8, 4) is 0 Å². The Morgan fingerprint density at radius 1 is 1.21 bits per heavy atom. The van der Waals surface area contributed by atoms with Gasteiger partial charge in [0, 0.05) is 29.5 Å². The average molecular weight is 186 g/mol. The Balaban J connectivity index is 2.53. The highest BCUT2D eigenvalue weighted by molar-refractivity contribution is 5.93. The van der Waals surface area contributed by atoms with Gasteiger partial charge in [-0.2, -0.15) is 0 Å². The number of rotatable bonds is 2. The standard InChI is InChI=1S/C12H14N2/c1-9(2)14-12-5-3-4-10-6-7-13-8-11(10)12/h3-9,14H,1-2H3. The molecule has 0 unspecified atom stereocenters. The van der Waals surface area contributed by atoms with Crippen LogP contribution in [0.15, 0.2) is 36.7 Å². The van der Waals surface area contributed by atoms with E-state index >= 15 is 0 Å². The van der Waals surface area contributed by atoms with Gasteiger partial charge in [0.05, 0.1) is 0 Å². The molecule has 2 nitrogen and oxygen atoms in total. The van der Waals surface area contributed by atoms with Crippen molar-refractivity contribution in [1.29, 1.82) is 0 Å². The van der Waals surface area contributed by atoms with E-state index in [9.17, 15) is 0 Å². The smallest absolute Gasteiger partial charge is 0.0437 e. The quantitative estimate of drug-likeness (QED) is 0.779. The molecule has 1 heterocycles. The summed E-state index contributed by atoms with van der Waals surface area (Å²) >= 11 is 0. The van der Waals surface area contributed by atoms with Crippen molar-refractivity contribution >= 4 is 16.5 Å². The fourth-order valence-corrected chi connectivity index (χ4v) is 1.55. The Bertz CT molecular complexity index is 430. The van der Waals surface area contributed by atoms with Crippen LogP contribution in [-0.2, 0) is 0 Å². The van der Waals surface area contributed by atoms with E-state index in [-0.39, 0.29) is 0 Å². The Hall–Kier alpha value is -1.57. The van der Waals surface area contributed by atoms with Gasteiger partial charge in [-0.15, -0.1) is 0 Å². The molecular weight excluding hydrogens is 172 g/mol. The van der Waals surface area contributed by atoms with Gasteiger partial charge in [-0.25, -0.2) is 0 Å². The molecule has 0 aliphatic carbocycles. The lowest BCUT2D eigenvalue weighted by atomic mass is 10.1. The third-order valence-electron chi connectivity index (χ3n) is 2.13. The number of aromatic nitrogens is 1. The Labute approximate surface area is 84.0 Å². The predicted molar refractivity (Wildman–Crippen MR) is 60.5 cm³/mol. The van der Waals surface area contributed by atoms with Gasteiger partial charge in [-0.3, -0.25) is 4.98 Å². The molecule has 0 fully saturated rings. The number of hydrogen-bond acceptors (Lipinski definition) is 2. The number of nitrogens with one attached hydrogen (secondary N) is 1. The summed E-state index contributed by atoms with van der Waals surface area (Å²) in [6.07, 6.45) is 3.72. The van der Waals surface area contributed by atoms with Crippen LogP contribution in [0.2, 0.25) is 0 Å². The SMILES string of the molecule is CC(C)Nc1cccc2ccncc12. The maximum atomic E-state index is 4.14. The van der Waals surface area contributed by atoms with Gasteiger partial charge in [0.15, 0.2) is 0 Å². The minimum Gasteiger partial charge on any atom is -0.382 e. The molecule has 2 aromatic rings. The third kappa shape index (κ3) is 1.69. The first-order valence-electron chi connectivity index (χ1n) is 4.86. The van der Waals surface area contributed by atoms with E-state index in [4.69, 9.17) is 0 Å². The first-order valence-corrected chi connectivity index (χ1v) is 4.86. The van der Waals surface area contributed by atoms with E-state index in [2.05, 4.69) is 42.3 Å². The van der Waals surface area contributed by atoms with Crippen LogP contribution >= 0.6 is 0 Å². The summed E-state index contributed by atoms with van der Waals surface area (Å²) in [7, 11) is 0. The molecule has 2 rings (SSSR count). The molecule has 0 atom stereocenters. The van der Waals surface area contributed by atoms with Crippen molar-refractivity contribution in [2.24, 2.45) is 0 Å². The highest BCUT2D eigenvalue weighted by atomic mass is 14.9. The number of nitrogens with zero attached hydrogens (tertiary/aromatic N) is 1. The zero-order valence-corrected chi connectivity index (χ0v) is 8.49. The largest absolute Gasteiger partial charge is 0.382 e. The predicted octanol–water partition coefficient (Wildman–Crippen LogP) is 3.06. The van der Waals surface area contributed by atoms with E-state index in [0.717, 1.165) is 5.69 Å². The lowest BCUT2D eigenvalue weighted by Gasteiger charge is -2.12. The van der Waals surface area contributed by atoms with Crippen molar-refractivity contribution in [3.63, 3.8) is 0 Å². The summed E-state index contributed by atoms with van der Waals surface area (Å²) in [5.74, 6) is 0. The van der Waals surface area contributed by atoms with E-state index in [1.165, 1.54) is 10.8 Å². The monoisotopic (exact) mass is 186 g/mol. The Morgan fingerprint density at radius 3 is 2.86 bits per heavy atom. The van der Waals surface area contributed by atoms with Crippen LogP contribution in [0.1, 0.15) is 13.8 Å². The molecule has 1 aromatic carbocycles. The summed E-state index contributed by atoms with van der Waals surface area (Å²) in [5.41, 5.74) is 1.16. The number of hydrogen-bond donors (Lipinski definition) is 1. The van der Waals surface area contributed by atoms with Gasteiger partial charge < -0.3 is 5.32 Å². The van der Waals surface area contributed by atoms with Crippen LogP contribution < -0.4 is 5.32 Å². The summed E-state index contributed by atoms with van der Waals surface area (Å²) < 4.78 is 0. The second-order valence-electron chi connectivity index (χ2n) is 3.70.